The van der Waals surface area contributed by atoms with Gasteiger partial charge in [-0.25, -0.2) is 23.7 Å². The Bertz CT molecular complexity index is 1290. The van der Waals surface area contributed by atoms with Crippen LogP contribution in [-0.2, 0) is 11.3 Å². The fourth-order valence-electron chi connectivity index (χ4n) is 2.83. The van der Waals surface area contributed by atoms with E-state index >= 15 is 0 Å². The molecule has 0 aliphatic carbocycles. The molecule has 0 radical (unpaired) electrons. The molecule has 1 unspecified atom stereocenters. The highest BCUT2D eigenvalue weighted by molar-refractivity contribution is 7.14. The number of carbonyl (C=O) groups excluding carboxylic acids is 1. The molecule has 0 bridgehead atoms. The van der Waals surface area contributed by atoms with Crippen molar-refractivity contribution >= 4 is 40.0 Å². The van der Waals surface area contributed by atoms with E-state index < -0.39 is 28.4 Å². The lowest BCUT2D eigenvalue weighted by Gasteiger charge is -2.23. The van der Waals surface area contributed by atoms with Crippen molar-refractivity contribution in [3.05, 3.63) is 57.1 Å². The number of nitro groups is 1. The van der Waals surface area contributed by atoms with E-state index in [1.165, 1.54) is 29.0 Å². The Morgan fingerprint density at radius 1 is 1.49 bits per heavy atom. The zero-order valence-corrected chi connectivity index (χ0v) is 19.2. The number of anilines is 1. The van der Waals surface area contributed by atoms with Crippen LogP contribution in [0, 0.1) is 34.2 Å². The maximum Gasteiger partial charge on any atom is 0.409 e. The molecule has 0 aliphatic rings. The molecule has 2 aromatic heterocycles. The predicted molar refractivity (Wildman–Crippen MR) is 119 cm³/mol. The van der Waals surface area contributed by atoms with E-state index in [1.54, 1.807) is 6.07 Å². The topological polar surface area (TPSA) is 148 Å². The summed E-state index contributed by atoms with van der Waals surface area (Å²) in [6.07, 6.45) is -2.37. The first-order valence-corrected chi connectivity index (χ1v) is 10.8. The molecule has 35 heavy (non-hydrogen) atoms. The number of nitrogens with one attached hydrogen (secondary N) is 2. The third kappa shape index (κ3) is 6.37. The van der Waals surface area contributed by atoms with Gasteiger partial charge in [0.2, 0.25) is 0 Å². The summed E-state index contributed by atoms with van der Waals surface area (Å²) in [7, 11) is 0. The average Bonchev–Trinajstić information content (AvgIpc) is 3.39. The highest BCUT2D eigenvalue weighted by Crippen LogP contribution is 2.30. The summed E-state index contributed by atoms with van der Waals surface area (Å²) in [6.45, 7) is 0.994. The zero-order chi connectivity index (χ0) is 25.8. The minimum atomic E-state index is -3.97. The fourth-order valence-corrected chi connectivity index (χ4v) is 3.69. The Labute approximate surface area is 204 Å². The van der Waals surface area contributed by atoms with Gasteiger partial charge >= 0.3 is 17.3 Å². The number of hydrogen-bond acceptors (Lipinski definition) is 9. The van der Waals surface area contributed by atoms with Crippen LogP contribution < -0.4 is 10.6 Å². The van der Waals surface area contributed by atoms with E-state index in [-0.39, 0.29) is 35.4 Å². The monoisotopic (exact) mass is 529 g/mol. The van der Waals surface area contributed by atoms with Crippen molar-refractivity contribution in [3.8, 4) is 17.3 Å². The van der Waals surface area contributed by atoms with Gasteiger partial charge in [-0.15, -0.1) is 11.3 Å². The number of carbonyl (C=O) groups is 1. The summed E-state index contributed by atoms with van der Waals surface area (Å²) in [5, 5.41) is 21.3. The molecule has 1 atom stereocenters. The van der Waals surface area contributed by atoms with Gasteiger partial charge in [0.25, 0.3) is 0 Å². The van der Waals surface area contributed by atoms with Crippen LogP contribution in [0.2, 0.25) is 0 Å². The molecule has 0 saturated heterocycles. The number of thiazole rings is 1. The molecule has 3 rings (SSSR count). The van der Waals surface area contributed by atoms with Crippen molar-refractivity contribution in [3.63, 3.8) is 0 Å². The van der Waals surface area contributed by atoms with Crippen LogP contribution in [0.4, 0.5) is 28.9 Å². The summed E-state index contributed by atoms with van der Waals surface area (Å²) >= 11 is 5.99. The van der Waals surface area contributed by atoms with Gasteiger partial charge in [-0.05, 0) is 28.7 Å². The van der Waals surface area contributed by atoms with Gasteiger partial charge < -0.3 is 20.2 Å². The van der Waals surface area contributed by atoms with Gasteiger partial charge in [0.1, 0.15) is 31.2 Å². The zero-order valence-electron chi connectivity index (χ0n) is 17.7. The molecule has 0 fully saturated rings. The maximum atomic E-state index is 13.9. The number of halogens is 4. The van der Waals surface area contributed by atoms with Gasteiger partial charge in [-0.3, -0.25) is 5.32 Å². The Balaban J connectivity index is 1.63. The number of rotatable bonds is 9. The van der Waals surface area contributed by atoms with Crippen LogP contribution in [0.5, 0.6) is 0 Å². The molecule has 3 aromatic rings. The molecule has 2 heterocycles. The van der Waals surface area contributed by atoms with Crippen LogP contribution in [0.25, 0.3) is 11.3 Å². The number of nitrogens with zero attached hydrogens (tertiary/aromatic N) is 5. The number of ether oxygens (including phenoxy) is 1. The second-order valence-corrected chi connectivity index (χ2v) is 8.18. The molecule has 0 spiro atoms. The van der Waals surface area contributed by atoms with E-state index in [0.717, 1.165) is 23.6 Å². The minimum Gasteiger partial charge on any atom is -0.445 e. The van der Waals surface area contributed by atoms with E-state index in [9.17, 15) is 28.1 Å². The van der Waals surface area contributed by atoms with Gasteiger partial charge in [0.15, 0.2) is 17.1 Å². The van der Waals surface area contributed by atoms with E-state index in [1.807, 2.05) is 5.32 Å². The van der Waals surface area contributed by atoms with Crippen LogP contribution >= 0.6 is 22.9 Å². The van der Waals surface area contributed by atoms with Crippen molar-refractivity contribution in [2.45, 2.75) is 25.0 Å². The molecule has 16 heteroatoms. The SMILES string of the molecule is Cc1ncc([N+](=O)[O-])n1CCOC(=O)NC(Nc1nc(-c2ccc(C#N)c(F)c2)cs1)C(F)(F)Cl. The predicted octanol–water partition coefficient (Wildman–Crippen LogP) is 4.23. The normalized spacial score (nSPS) is 12.0. The number of alkyl halides is 3. The van der Waals surface area contributed by atoms with Crippen LogP contribution in [0.15, 0.2) is 29.8 Å². The van der Waals surface area contributed by atoms with Gasteiger partial charge in [-0.1, -0.05) is 6.07 Å². The molecule has 2 N–H and O–H groups in total. The number of hydrogen-bond donors (Lipinski definition) is 2. The number of imidazole rings is 1. The quantitative estimate of drug-likeness (QED) is 0.181. The lowest BCUT2D eigenvalue weighted by atomic mass is 10.1. The molecule has 184 valence electrons. The molecule has 1 aromatic carbocycles. The molecule has 11 nitrogen and oxygen atoms in total. The number of benzene rings is 1. The van der Waals surface area contributed by atoms with Crippen LogP contribution in [0.3, 0.4) is 0 Å². The lowest BCUT2D eigenvalue weighted by molar-refractivity contribution is -0.392. The molecule has 1 amide bonds. The minimum absolute atomic E-state index is 0.0694. The summed E-state index contributed by atoms with van der Waals surface area (Å²) in [5.74, 6) is -0.785. The number of nitriles is 1. The molecule has 0 saturated carbocycles. The van der Waals surface area contributed by atoms with Gasteiger partial charge in [0, 0.05) is 17.9 Å². The van der Waals surface area contributed by atoms with Gasteiger partial charge in [-0.2, -0.15) is 14.0 Å². The number of amides is 1. The Hall–Kier alpha value is -3.90. The highest BCUT2D eigenvalue weighted by Gasteiger charge is 2.39. The van der Waals surface area contributed by atoms with Gasteiger partial charge in [0.05, 0.1) is 11.3 Å². The van der Waals surface area contributed by atoms with E-state index in [4.69, 9.17) is 21.6 Å². The van der Waals surface area contributed by atoms with Crippen LogP contribution in [0.1, 0.15) is 11.4 Å². The number of aryl methyl sites for hydroxylation is 1. The highest BCUT2D eigenvalue weighted by atomic mass is 35.5. The Kier molecular flexibility index (Phi) is 7.77. The third-order valence-electron chi connectivity index (χ3n) is 4.52. The maximum absolute atomic E-state index is 13.9. The number of aromatic nitrogens is 3. The van der Waals surface area contributed by atoms with Crippen molar-refractivity contribution in [2.24, 2.45) is 0 Å². The van der Waals surface area contributed by atoms with Crippen LogP contribution in [-0.4, -0.2) is 43.7 Å². The first-order chi connectivity index (χ1) is 16.5. The average molecular weight is 530 g/mol. The largest absolute Gasteiger partial charge is 0.445 e. The molecular weight excluding hydrogens is 515 g/mol. The smallest absolute Gasteiger partial charge is 0.409 e. The Morgan fingerprint density at radius 2 is 2.23 bits per heavy atom. The van der Waals surface area contributed by atoms with Crippen molar-refractivity contribution < 1.29 is 27.6 Å². The fraction of sp³-hybridized carbons (Fsp3) is 0.263. The lowest BCUT2D eigenvalue weighted by Crippen LogP contribution is -2.50. The second-order valence-electron chi connectivity index (χ2n) is 6.82. The van der Waals surface area contributed by atoms with Crippen molar-refractivity contribution in [1.29, 1.82) is 5.26 Å². The Morgan fingerprint density at radius 3 is 2.86 bits per heavy atom. The van der Waals surface area contributed by atoms with E-state index in [0.29, 0.717) is 11.4 Å². The van der Waals surface area contributed by atoms with Crippen molar-refractivity contribution in [1.82, 2.24) is 19.9 Å². The summed E-state index contributed by atoms with van der Waals surface area (Å²) < 4.78 is 47.6. The summed E-state index contributed by atoms with van der Waals surface area (Å²) in [4.78, 5) is 30.2. The molecule has 0 aliphatic heterocycles. The first kappa shape index (κ1) is 25.7. The summed E-state index contributed by atoms with van der Waals surface area (Å²) in [5.41, 5.74) is 0.373. The number of alkyl carbamates (subject to hydrolysis) is 1. The standard InChI is InChI=1S/C19H15ClF3N7O4S/c1-10-25-8-15(30(32)33)29(10)4-5-34-18(31)28-16(19(20,22)23)27-17-26-14(9-35-17)11-2-3-12(7-24)13(21)6-11/h2-3,6,8-9,16H,4-5H2,1H3,(H,26,27)(H,28,31). The summed E-state index contributed by atoms with van der Waals surface area (Å²) in [6, 6.07) is 5.45. The molecular formula is C19H15ClF3N7O4S. The second kappa shape index (κ2) is 10.6. The third-order valence-corrected chi connectivity index (χ3v) is 5.51. The van der Waals surface area contributed by atoms with E-state index in [2.05, 4.69) is 15.3 Å². The first-order valence-electron chi connectivity index (χ1n) is 9.58. The van der Waals surface area contributed by atoms with Crippen molar-refractivity contribution in [2.75, 3.05) is 11.9 Å².